The molecule has 0 aliphatic carbocycles. The van der Waals surface area contributed by atoms with Gasteiger partial charge in [-0.25, -0.2) is 0 Å². The van der Waals surface area contributed by atoms with Gasteiger partial charge in [0.05, 0.1) is 32.8 Å². The van der Waals surface area contributed by atoms with Gasteiger partial charge in [0.1, 0.15) is 6.10 Å². The molecule has 0 spiro atoms. The first kappa shape index (κ1) is 31.7. The highest BCUT2D eigenvalue weighted by Gasteiger charge is 2.37. The number of rotatable bonds is 14. The SMILES string of the molecule is CC(C)(Br)C(=O)NCC(CNC(=O)C(C)(C)Br)(CNC(=O)C(C)(C)Br)COCC(O)CO. The summed E-state index contributed by atoms with van der Waals surface area (Å²) in [5.74, 6) is -0.843. The highest BCUT2D eigenvalue weighted by Crippen LogP contribution is 2.22. The number of amides is 3. The van der Waals surface area contributed by atoms with Crippen molar-refractivity contribution in [3.8, 4) is 0 Å². The highest BCUT2D eigenvalue weighted by atomic mass is 79.9. The van der Waals surface area contributed by atoms with Crippen LogP contribution in [0.25, 0.3) is 0 Å². The number of carbonyl (C=O) groups is 3. The Balaban J connectivity index is 5.76. The summed E-state index contributed by atoms with van der Waals surface area (Å²) in [4.78, 5) is 37.4. The fraction of sp³-hybridized carbons (Fsp3) is 0.850. The molecule has 0 bridgehead atoms. The molecule has 1 unspecified atom stereocenters. The van der Waals surface area contributed by atoms with Crippen LogP contribution in [0.4, 0.5) is 0 Å². The first-order valence-electron chi connectivity index (χ1n) is 10.1. The van der Waals surface area contributed by atoms with Crippen molar-refractivity contribution in [3.05, 3.63) is 0 Å². The molecular weight excluding hydrogens is 618 g/mol. The zero-order chi connectivity index (χ0) is 25.4. The smallest absolute Gasteiger partial charge is 0.236 e. The molecular formula is C20H36Br3N3O6. The first-order valence-corrected chi connectivity index (χ1v) is 12.5. The maximum Gasteiger partial charge on any atom is 0.236 e. The molecule has 0 heterocycles. The fourth-order valence-corrected chi connectivity index (χ4v) is 2.66. The second-order valence-electron chi connectivity index (χ2n) is 9.32. The van der Waals surface area contributed by atoms with Gasteiger partial charge in [-0.05, 0) is 41.5 Å². The number of ether oxygens (including phenoxy) is 1. The van der Waals surface area contributed by atoms with Gasteiger partial charge in [0.25, 0.3) is 0 Å². The van der Waals surface area contributed by atoms with Crippen LogP contribution in [0.2, 0.25) is 0 Å². The summed E-state index contributed by atoms with van der Waals surface area (Å²) in [7, 11) is 0. The lowest BCUT2D eigenvalue weighted by molar-refractivity contribution is -0.124. The molecule has 0 saturated carbocycles. The minimum absolute atomic E-state index is 0.0148. The second-order valence-corrected chi connectivity index (χ2v) is 15.3. The van der Waals surface area contributed by atoms with Gasteiger partial charge in [-0.15, -0.1) is 0 Å². The topological polar surface area (TPSA) is 137 Å². The molecule has 0 aliphatic heterocycles. The Morgan fingerprint density at radius 3 is 1.34 bits per heavy atom. The van der Waals surface area contributed by atoms with E-state index in [1.54, 1.807) is 41.5 Å². The number of halogens is 3. The molecule has 3 amide bonds. The number of nitrogens with one attached hydrogen (secondary N) is 3. The van der Waals surface area contributed by atoms with Crippen molar-refractivity contribution >= 4 is 65.5 Å². The molecule has 0 aromatic carbocycles. The zero-order valence-electron chi connectivity index (χ0n) is 19.5. The number of alkyl halides is 3. The van der Waals surface area contributed by atoms with E-state index < -0.39 is 31.1 Å². The molecule has 1 atom stereocenters. The molecule has 0 rings (SSSR count). The summed E-state index contributed by atoms with van der Waals surface area (Å²) in [5, 5.41) is 27.2. The summed E-state index contributed by atoms with van der Waals surface area (Å²) >= 11 is 9.94. The maximum absolute atomic E-state index is 12.5. The third-order valence-electron chi connectivity index (χ3n) is 4.42. The normalized spacial score (nSPS) is 14.0. The Hall–Kier alpha value is -0.270. The minimum atomic E-state index is -1.07. The van der Waals surface area contributed by atoms with Crippen molar-refractivity contribution < 1.29 is 29.3 Å². The van der Waals surface area contributed by atoms with Gasteiger partial charge in [0.2, 0.25) is 17.7 Å². The van der Waals surface area contributed by atoms with Crippen LogP contribution in [0, 0.1) is 5.41 Å². The predicted octanol–water partition coefficient (Wildman–Crippen LogP) is 1.21. The third kappa shape index (κ3) is 12.3. The van der Waals surface area contributed by atoms with E-state index in [1.165, 1.54) is 0 Å². The van der Waals surface area contributed by atoms with Crippen molar-refractivity contribution in [2.24, 2.45) is 5.41 Å². The van der Waals surface area contributed by atoms with Crippen molar-refractivity contribution in [1.82, 2.24) is 16.0 Å². The van der Waals surface area contributed by atoms with Crippen LogP contribution in [-0.4, -0.2) is 86.5 Å². The Labute approximate surface area is 215 Å². The summed E-state index contributed by atoms with van der Waals surface area (Å²) in [6.07, 6.45) is -1.07. The largest absolute Gasteiger partial charge is 0.394 e. The summed E-state index contributed by atoms with van der Waals surface area (Å²) < 4.78 is 3.13. The maximum atomic E-state index is 12.5. The van der Waals surface area contributed by atoms with E-state index in [0.29, 0.717) is 0 Å². The molecule has 9 nitrogen and oxygen atoms in total. The van der Waals surface area contributed by atoms with E-state index in [-0.39, 0.29) is 50.6 Å². The van der Waals surface area contributed by atoms with E-state index in [9.17, 15) is 19.5 Å². The van der Waals surface area contributed by atoms with Crippen LogP contribution in [-0.2, 0) is 19.1 Å². The molecule has 5 N–H and O–H groups in total. The van der Waals surface area contributed by atoms with E-state index in [1.807, 2.05) is 0 Å². The van der Waals surface area contributed by atoms with Gasteiger partial charge < -0.3 is 30.9 Å². The molecule has 0 aromatic rings. The molecule has 0 aromatic heterocycles. The standard InChI is InChI=1S/C20H36Br3N3O6/c1-17(2,21)14(29)24-9-20(12-32-8-13(28)7-27,10-25-15(30)18(3,4)22)11-26-16(31)19(5,6)23/h13,27-28H,7-12H2,1-6H3,(H,24,29)(H,25,30)(H,26,31). The Morgan fingerprint density at radius 2 is 1.09 bits per heavy atom. The highest BCUT2D eigenvalue weighted by molar-refractivity contribution is 9.10. The number of hydrogen-bond donors (Lipinski definition) is 5. The molecule has 0 saturated heterocycles. The van der Waals surface area contributed by atoms with Crippen LogP contribution in [0.5, 0.6) is 0 Å². The van der Waals surface area contributed by atoms with Crippen LogP contribution in [0.15, 0.2) is 0 Å². The quantitative estimate of drug-likeness (QED) is 0.179. The van der Waals surface area contributed by atoms with Crippen molar-refractivity contribution in [2.75, 3.05) is 39.5 Å². The van der Waals surface area contributed by atoms with Crippen molar-refractivity contribution in [3.63, 3.8) is 0 Å². The third-order valence-corrected chi connectivity index (χ3v) is 5.50. The predicted molar refractivity (Wildman–Crippen MR) is 134 cm³/mol. The Morgan fingerprint density at radius 1 is 0.781 bits per heavy atom. The van der Waals surface area contributed by atoms with Crippen molar-refractivity contribution in [1.29, 1.82) is 0 Å². The zero-order valence-corrected chi connectivity index (χ0v) is 24.2. The average Bonchev–Trinajstić information content (AvgIpc) is 2.65. The first-order chi connectivity index (χ1) is 14.3. The van der Waals surface area contributed by atoms with E-state index >= 15 is 0 Å². The van der Waals surface area contributed by atoms with Gasteiger partial charge in [-0.1, -0.05) is 47.8 Å². The van der Waals surface area contributed by atoms with Gasteiger partial charge in [0, 0.05) is 25.0 Å². The monoisotopic (exact) mass is 651 g/mol. The molecule has 0 fully saturated rings. The van der Waals surface area contributed by atoms with Gasteiger partial charge in [0.15, 0.2) is 0 Å². The van der Waals surface area contributed by atoms with Gasteiger partial charge in [-0.3, -0.25) is 14.4 Å². The summed E-state index contributed by atoms with van der Waals surface area (Å²) in [5.41, 5.74) is -0.940. The number of aliphatic hydroxyl groups excluding tert-OH is 2. The molecule has 188 valence electrons. The van der Waals surface area contributed by atoms with E-state index in [2.05, 4.69) is 63.7 Å². The lowest BCUT2D eigenvalue weighted by atomic mass is 9.87. The van der Waals surface area contributed by atoms with Crippen LogP contribution in [0.1, 0.15) is 41.5 Å². The number of hydrogen-bond acceptors (Lipinski definition) is 6. The summed E-state index contributed by atoms with van der Waals surface area (Å²) in [6.45, 7) is 9.77. The van der Waals surface area contributed by atoms with Crippen LogP contribution >= 0.6 is 47.8 Å². The minimum Gasteiger partial charge on any atom is -0.394 e. The van der Waals surface area contributed by atoms with Crippen molar-refractivity contribution in [2.45, 2.75) is 60.6 Å². The van der Waals surface area contributed by atoms with Crippen LogP contribution in [0.3, 0.4) is 0 Å². The Kier molecular flexibility index (Phi) is 12.9. The average molecular weight is 654 g/mol. The molecule has 12 heteroatoms. The van der Waals surface area contributed by atoms with Gasteiger partial charge >= 0.3 is 0 Å². The fourth-order valence-electron chi connectivity index (χ4n) is 2.24. The lowest BCUT2D eigenvalue weighted by Gasteiger charge is -2.36. The molecule has 0 aliphatic rings. The van der Waals surface area contributed by atoms with Gasteiger partial charge in [-0.2, -0.15) is 0 Å². The lowest BCUT2D eigenvalue weighted by Crippen LogP contribution is -2.57. The molecule has 32 heavy (non-hydrogen) atoms. The van der Waals surface area contributed by atoms with E-state index in [4.69, 9.17) is 9.84 Å². The second kappa shape index (κ2) is 13.0. The molecule has 0 radical (unpaired) electrons. The summed E-state index contributed by atoms with van der Waals surface area (Å²) in [6, 6.07) is 0. The number of carbonyl (C=O) groups excluding carboxylic acids is 3. The van der Waals surface area contributed by atoms with Crippen LogP contribution < -0.4 is 16.0 Å². The van der Waals surface area contributed by atoms with E-state index in [0.717, 1.165) is 0 Å². The Bertz CT molecular complexity index is 568. The number of aliphatic hydroxyl groups is 2.